The maximum atomic E-state index is 10.6. The first kappa shape index (κ1) is 24.0. The van der Waals surface area contributed by atoms with E-state index in [1.54, 1.807) is 6.07 Å². The number of halogens is 2. The summed E-state index contributed by atoms with van der Waals surface area (Å²) in [6.07, 6.45) is 2.76. The number of rotatable bonds is 7. The SMILES string of the molecule is OC(c1ccccc1)c1ccc(C2C(Cl)CC(Cl)C2COCc2cc[c-]o2)cc1.[Y]. The van der Waals surface area contributed by atoms with Gasteiger partial charge in [0.2, 0.25) is 0 Å². The van der Waals surface area contributed by atoms with Crippen molar-refractivity contribution in [2.24, 2.45) is 5.92 Å². The van der Waals surface area contributed by atoms with Crippen LogP contribution in [-0.4, -0.2) is 22.5 Å². The van der Waals surface area contributed by atoms with E-state index in [1.807, 2.05) is 60.7 Å². The second-order valence-electron chi connectivity index (χ2n) is 7.47. The molecule has 4 rings (SSSR count). The Morgan fingerprint density at radius 2 is 1.70 bits per heavy atom. The van der Waals surface area contributed by atoms with Crippen molar-refractivity contribution in [2.75, 3.05) is 6.61 Å². The molecule has 1 heterocycles. The first-order valence-corrected chi connectivity index (χ1v) is 10.6. The molecule has 30 heavy (non-hydrogen) atoms. The monoisotopic (exact) mass is 518 g/mol. The van der Waals surface area contributed by atoms with E-state index in [-0.39, 0.29) is 55.3 Å². The summed E-state index contributed by atoms with van der Waals surface area (Å²) in [5.74, 6) is 0.959. The minimum absolute atomic E-state index is 0. The summed E-state index contributed by atoms with van der Waals surface area (Å²) in [7, 11) is 0. The van der Waals surface area contributed by atoms with E-state index < -0.39 is 6.10 Å². The molecule has 0 aliphatic heterocycles. The summed E-state index contributed by atoms with van der Waals surface area (Å²) >= 11 is 13.3. The van der Waals surface area contributed by atoms with E-state index >= 15 is 0 Å². The molecule has 1 aliphatic carbocycles. The van der Waals surface area contributed by atoms with Gasteiger partial charge in [0.15, 0.2) is 0 Å². The van der Waals surface area contributed by atoms with E-state index in [0.717, 1.165) is 28.9 Å². The number of ether oxygens (including phenoxy) is 1. The Balaban J connectivity index is 0.00000256. The van der Waals surface area contributed by atoms with Gasteiger partial charge in [-0.25, -0.2) is 0 Å². The van der Waals surface area contributed by atoms with Gasteiger partial charge in [0.1, 0.15) is 6.10 Å². The van der Waals surface area contributed by atoms with Crippen molar-refractivity contribution in [3.63, 3.8) is 0 Å². The number of benzene rings is 2. The molecule has 1 aromatic heterocycles. The second kappa shape index (κ2) is 11.3. The van der Waals surface area contributed by atoms with Gasteiger partial charge < -0.3 is 14.3 Å². The molecule has 155 valence electrons. The molecule has 3 nitrogen and oxygen atoms in total. The van der Waals surface area contributed by atoms with E-state index in [0.29, 0.717) is 13.2 Å². The Kier molecular flexibility index (Phi) is 9.00. The van der Waals surface area contributed by atoms with Gasteiger partial charge in [-0.05, 0) is 35.1 Å². The number of hydrogen-bond donors (Lipinski definition) is 1. The number of hydrogen-bond acceptors (Lipinski definition) is 3. The van der Waals surface area contributed by atoms with Crippen LogP contribution in [0.5, 0.6) is 0 Å². The molecule has 6 heteroatoms. The first-order valence-electron chi connectivity index (χ1n) is 9.77. The van der Waals surface area contributed by atoms with E-state index in [2.05, 4.69) is 6.26 Å². The van der Waals surface area contributed by atoms with Crippen LogP contribution in [0.1, 0.15) is 40.9 Å². The van der Waals surface area contributed by atoms with Crippen LogP contribution in [0, 0.1) is 12.2 Å². The Morgan fingerprint density at radius 3 is 2.37 bits per heavy atom. The number of aliphatic hydroxyl groups is 1. The fourth-order valence-corrected chi connectivity index (χ4v) is 5.10. The molecule has 3 aromatic rings. The zero-order valence-electron chi connectivity index (χ0n) is 16.5. The van der Waals surface area contributed by atoms with Crippen LogP contribution in [0.25, 0.3) is 0 Å². The number of aliphatic hydroxyl groups excluding tert-OH is 1. The molecule has 0 amide bonds. The fourth-order valence-electron chi connectivity index (χ4n) is 4.07. The fraction of sp³-hybridized carbons (Fsp3) is 0.333. The van der Waals surface area contributed by atoms with Crippen molar-refractivity contribution in [3.05, 3.63) is 95.4 Å². The molecule has 1 fully saturated rings. The van der Waals surface area contributed by atoms with Gasteiger partial charge in [-0.1, -0.05) is 54.6 Å². The molecule has 0 spiro atoms. The van der Waals surface area contributed by atoms with Gasteiger partial charge in [-0.2, -0.15) is 6.07 Å². The van der Waals surface area contributed by atoms with Crippen molar-refractivity contribution in [1.29, 1.82) is 0 Å². The van der Waals surface area contributed by atoms with Gasteiger partial charge in [-0.15, -0.1) is 29.3 Å². The van der Waals surface area contributed by atoms with Crippen molar-refractivity contribution in [2.45, 2.75) is 35.8 Å². The van der Waals surface area contributed by atoms with Crippen molar-refractivity contribution in [1.82, 2.24) is 0 Å². The molecule has 0 saturated heterocycles. The van der Waals surface area contributed by atoms with Crippen molar-refractivity contribution < 1.29 is 47.0 Å². The van der Waals surface area contributed by atoms with Crippen LogP contribution in [0.4, 0.5) is 0 Å². The Hall–Kier alpha value is -0.676. The van der Waals surface area contributed by atoms with Crippen molar-refractivity contribution in [3.8, 4) is 0 Å². The second-order valence-corrected chi connectivity index (χ2v) is 8.59. The summed E-state index contributed by atoms with van der Waals surface area (Å²) in [6, 6.07) is 21.2. The van der Waals surface area contributed by atoms with Crippen LogP contribution in [0.15, 0.2) is 71.1 Å². The normalized spacial score (nSPS) is 24.4. The van der Waals surface area contributed by atoms with Gasteiger partial charge in [0.25, 0.3) is 0 Å². The number of alkyl halides is 2. The zero-order chi connectivity index (χ0) is 20.2. The Morgan fingerprint density at radius 1 is 1.00 bits per heavy atom. The third-order valence-corrected chi connectivity index (χ3v) is 6.55. The topological polar surface area (TPSA) is 42.6 Å². The van der Waals surface area contributed by atoms with Gasteiger partial charge in [-0.3, -0.25) is 0 Å². The molecular weight excluding hydrogens is 496 g/mol. The molecule has 1 saturated carbocycles. The number of furan rings is 1. The van der Waals surface area contributed by atoms with Crippen LogP contribution < -0.4 is 0 Å². The molecule has 0 bridgehead atoms. The standard InChI is InChI=1S/C24H23Cl2O3.Y/c25-21-13-22(26)23(20(21)15-28-14-19-7-4-12-29-19)16-8-10-18(11-9-16)24(27)17-5-2-1-3-6-17;/h1-11,20-24,27H,13-15H2;/q-1;. The molecule has 5 unspecified atom stereocenters. The smallest absolute Gasteiger partial charge is 0.104 e. The van der Waals surface area contributed by atoms with Crippen LogP contribution in [0.2, 0.25) is 0 Å². The molecule has 1 radical (unpaired) electrons. The molecule has 5 atom stereocenters. The maximum Gasteiger partial charge on any atom is 0.104 e. The largest absolute Gasteiger partial charge is 0.593 e. The summed E-state index contributed by atoms with van der Waals surface area (Å²) in [4.78, 5) is 0. The maximum absolute atomic E-state index is 10.6. The summed E-state index contributed by atoms with van der Waals surface area (Å²) in [5, 5.41) is 10.5. The first-order chi connectivity index (χ1) is 14.1. The minimum Gasteiger partial charge on any atom is -0.593 e. The van der Waals surface area contributed by atoms with Crippen LogP contribution in [-0.2, 0) is 44.1 Å². The molecule has 1 N–H and O–H groups in total. The van der Waals surface area contributed by atoms with Crippen LogP contribution >= 0.6 is 23.2 Å². The predicted octanol–water partition coefficient (Wildman–Crippen LogP) is 5.69. The van der Waals surface area contributed by atoms with E-state index in [1.165, 1.54) is 0 Å². The van der Waals surface area contributed by atoms with Crippen LogP contribution in [0.3, 0.4) is 0 Å². The molecule has 1 aliphatic rings. The third kappa shape index (κ3) is 5.57. The van der Waals surface area contributed by atoms with Gasteiger partial charge in [0.05, 0.1) is 6.61 Å². The third-order valence-electron chi connectivity index (χ3n) is 5.60. The Bertz CT molecular complexity index is 887. The van der Waals surface area contributed by atoms with E-state index in [9.17, 15) is 5.11 Å². The zero-order valence-corrected chi connectivity index (χ0v) is 20.8. The summed E-state index contributed by atoms with van der Waals surface area (Å²) < 4.78 is 11.1. The Labute approximate surface area is 212 Å². The summed E-state index contributed by atoms with van der Waals surface area (Å²) in [6.45, 7) is 0.905. The minimum atomic E-state index is -0.648. The predicted molar refractivity (Wildman–Crippen MR) is 114 cm³/mol. The van der Waals surface area contributed by atoms with Gasteiger partial charge in [0, 0.05) is 61.9 Å². The molecular formula is C24H23Cl2O3Y-. The quantitative estimate of drug-likeness (QED) is 0.322. The van der Waals surface area contributed by atoms with Crippen molar-refractivity contribution >= 4 is 23.2 Å². The summed E-state index contributed by atoms with van der Waals surface area (Å²) in [5.41, 5.74) is 2.85. The average Bonchev–Trinajstić information content (AvgIpc) is 3.36. The molecule has 2 aromatic carbocycles. The van der Waals surface area contributed by atoms with E-state index in [4.69, 9.17) is 32.4 Å². The van der Waals surface area contributed by atoms with Gasteiger partial charge >= 0.3 is 0 Å². The average molecular weight is 519 g/mol.